The van der Waals surface area contributed by atoms with Crippen LogP contribution >= 0.6 is 0 Å². The summed E-state index contributed by atoms with van der Waals surface area (Å²) in [5, 5.41) is 0. The first-order valence-corrected chi connectivity index (χ1v) is 25.0. The zero-order chi connectivity index (χ0) is 41.3. The van der Waals surface area contributed by atoms with E-state index in [4.69, 9.17) is 9.47 Å². The van der Waals surface area contributed by atoms with Crippen molar-refractivity contribution in [3.05, 3.63) is 18.7 Å². The molecule has 0 aliphatic rings. The molecular formula is C50H95N3O4. The minimum Gasteiger partial charge on any atom is -0.466 e. The summed E-state index contributed by atoms with van der Waals surface area (Å²) < 4.78 is 13.8. The standard InChI is InChI=1S/C50H95N3O4/c1-5-8-11-14-17-18-27-34-45-56-49(54)37-30-23-19-25-32-41-52(43-39-47(4)53-44-40-51-46-53)42-33-26-20-24-31-38-50(55)57-48(35-28-21-15-12-9-6-2)36-29-22-16-13-10-7-3/h40,44,46-48H,5-39,41-43,45H2,1-4H3. The van der Waals surface area contributed by atoms with Crippen LogP contribution in [0.1, 0.15) is 258 Å². The highest BCUT2D eigenvalue weighted by molar-refractivity contribution is 5.69. The van der Waals surface area contributed by atoms with Gasteiger partial charge in [-0.3, -0.25) is 9.59 Å². The summed E-state index contributed by atoms with van der Waals surface area (Å²) in [4.78, 5) is 31.9. The van der Waals surface area contributed by atoms with Crippen LogP contribution in [0.3, 0.4) is 0 Å². The molecule has 0 amide bonds. The zero-order valence-corrected chi connectivity index (χ0v) is 38.4. The number of carbonyl (C=O) groups excluding carboxylic acids is 2. The first-order valence-electron chi connectivity index (χ1n) is 25.0. The number of aromatic nitrogens is 2. The largest absolute Gasteiger partial charge is 0.466 e. The Kier molecular flexibility index (Phi) is 38.1. The average molecular weight is 802 g/mol. The van der Waals surface area contributed by atoms with Gasteiger partial charge in [0.25, 0.3) is 0 Å². The van der Waals surface area contributed by atoms with Crippen LogP contribution < -0.4 is 0 Å². The molecule has 1 heterocycles. The summed E-state index contributed by atoms with van der Waals surface area (Å²) in [6, 6.07) is 0.446. The van der Waals surface area contributed by atoms with Crippen molar-refractivity contribution in [2.24, 2.45) is 0 Å². The van der Waals surface area contributed by atoms with Gasteiger partial charge in [-0.15, -0.1) is 0 Å². The Bertz CT molecular complexity index is 970. The van der Waals surface area contributed by atoms with Gasteiger partial charge in [0.2, 0.25) is 0 Å². The second kappa shape index (κ2) is 40.9. The summed E-state index contributed by atoms with van der Waals surface area (Å²) in [6.45, 7) is 13.1. The molecule has 57 heavy (non-hydrogen) atoms. The van der Waals surface area contributed by atoms with Crippen LogP contribution in [0.2, 0.25) is 0 Å². The lowest BCUT2D eigenvalue weighted by Gasteiger charge is -2.24. The molecule has 1 atom stereocenters. The van der Waals surface area contributed by atoms with E-state index in [9.17, 15) is 9.59 Å². The Morgan fingerprint density at radius 3 is 1.46 bits per heavy atom. The molecule has 0 saturated heterocycles. The van der Waals surface area contributed by atoms with Crippen molar-refractivity contribution in [3.63, 3.8) is 0 Å². The Morgan fingerprint density at radius 1 is 0.526 bits per heavy atom. The first-order chi connectivity index (χ1) is 28.0. The molecule has 0 aliphatic carbocycles. The summed E-state index contributed by atoms with van der Waals surface area (Å²) >= 11 is 0. The van der Waals surface area contributed by atoms with Crippen LogP contribution in [0.15, 0.2) is 18.7 Å². The van der Waals surface area contributed by atoms with E-state index in [0.717, 1.165) is 71.0 Å². The van der Waals surface area contributed by atoms with E-state index >= 15 is 0 Å². The van der Waals surface area contributed by atoms with Crippen molar-refractivity contribution in [2.45, 2.75) is 265 Å². The van der Waals surface area contributed by atoms with Crippen molar-refractivity contribution in [1.29, 1.82) is 0 Å². The van der Waals surface area contributed by atoms with E-state index in [2.05, 4.69) is 48.3 Å². The summed E-state index contributed by atoms with van der Waals surface area (Å²) in [5.41, 5.74) is 0. The van der Waals surface area contributed by atoms with Gasteiger partial charge >= 0.3 is 11.9 Å². The Hall–Kier alpha value is -1.89. The number of carbonyl (C=O) groups is 2. The van der Waals surface area contributed by atoms with Crippen molar-refractivity contribution in [1.82, 2.24) is 14.5 Å². The quantitative estimate of drug-likeness (QED) is 0.0483. The second-order valence-corrected chi connectivity index (χ2v) is 17.4. The maximum atomic E-state index is 12.8. The molecule has 0 radical (unpaired) electrons. The smallest absolute Gasteiger partial charge is 0.306 e. The number of esters is 2. The highest BCUT2D eigenvalue weighted by atomic mass is 16.5. The first kappa shape index (κ1) is 53.1. The van der Waals surface area contributed by atoms with E-state index in [1.54, 1.807) is 0 Å². The molecule has 1 aromatic rings. The van der Waals surface area contributed by atoms with E-state index in [0.29, 0.717) is 25.5 Å². The maximum absolute atomic E-state index is 12.8. The SMILES string of the molecule is CCCCCCCCCCOC(=O)CCCCCCCN(CCCCCCCC(=O)OC(CCCCCCCC)CCCCCCCC)CCC(C)n1ccnc1. The number of unbranched alkanes of at least 4 members (excludes halogenated alkanes) is 25. The van der Waals surface area contributed by atoms with Gasteiger partial charge in [0.05, 0.1) is 12.9 Å². The molecule has 7 nitrogen and oxygen atoms in total. The third kappa shape index (κ3) is 34.7. The number of imidazole rings is 1. The lowest BCUT2D eigenvalue weighted by Crippen LogP contribution is -2.28. The molecule has 7 heteroatoms. The van der Waals surface area contributed by atoms with E-state index in [1.807, 2.05) is 12.5 Å². The van der Waals surface area contributed by atoms with Crippen molar-refractivity contribution in [2.75, 3.05) is 26.2 Å². The lowest BCUT2D eigenvalue weighted by molar-refractivity contribution is -0.150. The highest BCUT2D eigenvalue weighted by Gasteiger charge is 2.15. The van der Waals surface area contributed by atoms with Crippen LogP contribution in [0, 0.1) is 0 Å². The van der Waals surface area contributed by atoms with Gasteiger partial charge in [-0.2, -0.15) is 0 Å². The predicted molar refractivity (Wildman–Crippen MR) is 243 cm³/mol. The van der Waals surface area contributed by atoms with Gasteiger partial charge in [-0.1, -0.05) is 168 Å². The predicted octanol–water partition coefficient (Wildman–Crippen LogP) is 14.9. The third-order valence-corrected chi connectivity index (χ3v) is 11.9. The zero-order valence-electron chi connectivity index (χ0n) is 38.4. The molecule has 0 aliphatic heterocycles. The molecule has 0 aromatic carbocycles. The molecule has 334 valence electrons. The topological polar surface area (TPSA) is 73.7 Å². The molecule has 0 N–H and O–H groups in total. The Balaban J connectivity index is 2.28. The van der Waals surface area contributed by atoms with Gasteiger partial charge in [0.15, 0.2) is 0 Å². The molecule has 0 fully saturated rings. The molecule has 0 saturated carbocycles. The fourth-order valence-corrected chi connectivity index (χ4v) is 7.96. The average Bonchev–Trinajstić information content (AvgIpc) is 3.76. The molecule has 0 bridgehead atoms. The number of ether oxygens (including phenoxy) is 2. The lowest BCUT2D eigenvalue weighted by atomic mass is 10.0. The van der Waals surface area contributed by atoms with Crippen LogP contribution in [-0.2, 0) is 19.1 Å². The number of nitrogens with zero attached hydrogens (tertiary/aromatic N) is 3. The molecular weight excluding hydrogens is 707 g/mol. The maximum Gasteiger partial charge on any atom is 0.306 e. The second-order valence-electron chi connectivity index (χ2n) is 17.4. The third-order valence-electron chi connectivity index (χ3n) is 11.9. The normalized spacial score (nSPS) is 12.2. The fraction of sp³-hybridized carbons (Fsp3) is 0.900. The number of rotatable bonds is 44. The summed E-state index contributed by atoms with van der Waals surface area (Å²) in [6.07, 6.45) is 47.3. The molecule has 1 rings (SSSR count). The van der Waals surface area contributed by atoms with Crippen molar-refractivity contribution in [3.8, 4) is 0 Å². The van der Waals surface area contributed by atoms with Gasteiger partial charge in [0.1, 0.15) is 6.10 Å². The van der Waals surface area contributed by atoms with Gasteiger partial charge in [-0.25, -0.2) is 4.98 Å². The number of hydrogen-bond acceptors (Lipinski definition) is 6. The van der Waals surface area contributed by atoms with Gasteiger partial charge < -0.3 is 18.9 Å². The number of hydrogen-bond donors (Lipinski definition) is 0. The van der Waals surface area contributed by atoms with Gasteiger partial charge in [-0.05, 0) is 84.2 Å². The van der Waals surface area contributed by atoms with E-state index in [-0.39, 0.29) is 18.0 Å². The van der Waals surface area contributed by atoms with Gasteiger partial charge in [0, 0.05) is 37.8 Å². The molecule has 0 spiro atoms. The highest BCUT2D eigenvalue weighted by Crippen LogP contribution is 2.19. The fourth-order valence-electron chi connectivity index (χ4n) is 7.96. The van der Waals surface area contributed by atoms with Crippen LogP contribution in [0.5, 0.6) is 0 Å². The molecule has 1 unspecified atom stereocenters. The van der Waals surface area contributed by atoms with Crippen molar-refractivity contribution >= 4 is 11.9 Å². The van der Waals surface area contributed by atoms with Crippen molar-refractivity contribution < 1.29 is 19.1 Å². The Morgan fingerprint density at radius 2 is 0.965 bits per heavy atom. The monoisotopic (exact) mass is 802 g/mol. The summed E-state index contributed by atoms with van der Waals surface area (Å²) in [5.74, 6) is 0.0199. The van der Waals surface area contributed by atoms with E-state index < -0.39 is 0 Å². The van der Waals surface area contributed by atoms with Crippen LogP contribution in [0.25, 0.3) is 0 Å². The minimum absolute atomic E-state index is 0.0117. The minimum atomic E-state index is -0.0117. The van der Waals surface area contributed by atoms with E-state index in [1.165, 1.54) is 161 Å². The summed E-state index contributed by atoms with van der Waals surface area (Å²) in [7, 11) is 0. The van der Waals surface area contributed by atoms with Crippen LogP contribution in [-0.4, -0.2) is 58.7 Å². The molecule has 1 aromatic heterocycles. The van der Waals surface area contributed by atoms with Crippen LogP contribution in [0.4, 0.5) is 0 Å². The Labute approximate surface area is 354 Å².